The van der Waals surface area contributed by atoms with Gasteiger partial charge in [-0.1, -0.05) is 50.6 Å². The predicted molar refractivity (Wildman–Crippen MR) is 148 cm³/mol. The van der Waals surface area contributed by atoms with E-state index in [-0.39, 0.29) is 23.0 Å². The summed E-state index contributed by atoms with van der Waals surface area (Å²) >= 11 is 0. The zero-order valence-corrected chi connectivity index (χ0v) is 23.1. The standard InChI is InChI=1S/C33H36N2O4/c1-20-15-24-25(31(3)18-22-19-34-35(28(22)17-26(20)31)23-9-6-5-7-10-23)12-13-32(4)27(24)16-21(2)33(32,37)39-30(36)29-11-8-14-38-29/h5-11,14-15,17,19,21,24-25,27,37H,12-13,16,18H2,1-4H3. The largest absolute Gasteiger partial charge is 0.457 e. The number of hydrogen-bond acceptors (Lipinski definition) is 5. The Hall–Kier alpha value is -3.38. The van der Waals surface area contributed by atoms with Crippen LogP contribution < -0.4 is 0 Å². The van der Waals surface area contributed by atoms with Crippen LogP contribution in [0.4, 0.5) is 0 Å². The molecule has 0 aliphatic heterocycles. The Morgan fingerprint density at radius 1 is 1.15 bits per heavy atom. The highest BCUT2D eigenvalue weighted by Gasteiger charge is 2.68. The minimum Gasteiger partial charge on any atom is -0.457 e. The van der Waals surface area contributed by atoms with Crippen molar-refractivity contribution < 1.29 is 19.1 Å². The van der Waals surface area contributed by atoms with E-state index in [1.165, 1.54) is 28.7 Å². The first-order valence-electron chi connectivity index (χ1n) is 14.2. The molecule has 4 aliphatic rings. The molecule has 0 bridgehead atoms. The summed E-state index contributed by atoms with van der Waals surface area (Å²) in [5, 5.41) is 16.8. The molecule has 7 atom stereocenters. The molecule has 0 radical (unpaired) electrons. The predicted octanol–water partition coefficient (Wildman–Crippen LogP) is 6.61. The Balaban J connectivity index is 1.25. The Kier molecular flexibility index (Phi) is 5.25. The summed E-state index contributed by atoms with van der Waals surface area (Å²) in [6, 6.07) is 13.6. The van der Waals surface area contributed by atoms with Crippen molar-refractivity contribution in [1.82, 2.24) is 9.78 Å². The van der Waals surface area contributed by atoms with Gasteiger partial charge in [0, 0.05) is 16.7 Å². The van der Waals surface area contributed by atoms with Crippen molar-refractivity contribution in [3.8, 4) is 5.69 Å². The smallest absolute Gasteiger partial charge is 0.376 e. The second-order valence-corrected chi connectivity index (χ2v) is 12.8. The maximum absolute atomic E-state index is 12.9. The third kappa shape index (κ3) is 3.30. The molecule has 4 aliphatic carbocycles. The molecule has 6 nitrogen and oxygen atoms in total. The van der Waals surface area contributed by atoms with Gasteiger partial charge in [-0.05, 0) is 91.8 Å². The Labute approximate surface area is 229 Å². The van der Waals surface area contributed by atoms with Gasteiger partial charge < -0.3 is 14.3 Å². The fourth-order valence-electron chi connectivity index (χ4n) is 8.81. The monoisotopic (exact) mass is 524 g/mol. The maximum Gasteiger partial charge on any atom is 0.376 e. The lowest BCUT2D eigenvalue weighted by atomic mass is 9.48. The number of allylic oxidation sites excluding steroid dienone is 3. The van der Waals surface area contributed by atoms with E-state index in [2.05, 4.69) is 61.9 Å². The minimum atomic E-state index is -1.54. The van der Waals surface area contributed by atoms with E-state index in [1.807, 2.05) is 19.2 Å². The first-order valence-corrected chi connectivity index (χ1v) is 14.2. The van der Waals surface area contributed by atoms with Crippen LogP contribution in [0.5, 0.6) is 0 Å². The van der Waals surface area contributed by atoms with Crippen molar-refractivity contribution in [2.75, 3.05) is 0 Å². The molecule has 2 heterocycles. The third-order valence-corrected chi connectivity index (χ3v) is 10.8. The van der Waals surface area contributed by atoms with Crippen molar-refractivity contribution in [1.29, 1.82) is 0 Å². The number of hydrogen-bond donors (Lipinski definition) is 1. The average molecular weight is 525 g/mol. The summed E-state index contributed by atoms with van der Waals surface area (Å²) in [7, 11) is 0. The summed E-state index contributed by atoms with van der Waals surface area (Å²) in [5.41, 5.74) is 5.70. The van der Waals surface area contributed by atoms with Gasteiger partial charge in [0.15, 0.2) is 0 Å². The molecule has 0 spiro atoms. The zero-order chi connectivity index (χ0) is 27.2. The van der Waals surface area contributed by atoms with Crippen LogP contribution in [-0.2, 0) is 11.2 Å². The van der Waals surface area contributed by atoms with Crippen LogP contribution in [0.2, 0.25) is 0 Å². The molecule has 2 saturated carbocycles. The van der Waals surface area contributed by atoms with Gasteiger partial charge in [0.25, 0.3) is 0 Å². The Morgan fingerprint density at radius 2 is 1.95 bits per heavy atom. The van der Waals surface area contributed by atoms with Crippen molar-refractivity contribution in [3.63, 3.8) is 0 Å². The highest BCUT2D eigenvalue weighted by molar-refractivity contribution is 5.86. The molecule has 39 heavy (non-hydrogen) atoms. The van der Waals surface area contributed by atoms with E-state index in [1.54, 1.807) is 12.1 Å². The number of aliphatic hydroxyl groups is 1. The quantitative estimate of drug-likeness (QED) is 0.308. The lowest BCUT2D eigenvalue weighted by molar-refractivity contribution is -0.260. The van der Waals surface area contributed by atoms with Crippen LogP contribution in [0.3, 0.4) is 0 Å². The number of ether oxygens (including phenoxy) is 1. The van der Waals surface area contributed by atoms with Gasteiger partial charge in [-0.15, -0.1) is 0 Å². The van der Waals surface area contributed by atoms with E-state index in [9.17, 15) is 9.90 Å². The summed E-state index contributed by atoms with van der Waals surface area (Å²) in [6.07, 6.45) is 11.9. The number of carbonyl (C=O) groups excluding carboxylic acids is 1. The van der Waals surface area contributed by atoms with Crippen molar-refractivity contribution in [2.24, 2.45) is 34.5 Å². The summed E-state index contributed by atoms with van der Waals surface area (Å²) < 4.78 is 13.3. The van der Waals surface area contributed by atoms with Crippen LogP contribution >= 0.6 is 0 Å². The zero-order valence-electron chi connectivity index (χ0n) is 23.1. The molecule has 0 saturated heterocycles. The minimum absolute atomic E-state index is 0.0167. The summed E-state index contributed by atoms with van der Waals surface area (Å²) in [4.78, 5) is 12.9. The van der Waals surface area contributed by atoms with Gasteiger partial charge >= 0.3 is 5.97 Å². The molecule has 1 N–H and O–H groups in total. The Bertz CT molecular complexity index is 1500. The number of benzene rings is 1. The molecule has 2 fully saturated rings. The second kappa shape index (κ2) is 8.31. The molecular weight excluding hydrogens is 488 g/mol. The SMILES string of the molecule is CC1=CC2C(CCC3(C)C2CC(C)C3(O)OC(=O)c2ccco2)C2(C)Cc3cnn(-c4ccccc4)c3C=C12. The van der Waals surface area contributed by atoms with E-state index >= 15 is 0 Å². The molecule has 1 aromatic carbocycles. The van der Waals surface area contributed by atoms with Gasteiger partial charge in [-0.3, -0.25) is 0 Å². The fourth-order valence-corrected chi connectivity index (χ4v) is 8.81. The van der Waals surface area contributed by atoms with Crippen LogP contribution in [-0.4, -0.2) is 26.6 Å². The highest BCUT2D eigenvalue weighted by Crippen LogP contribution is 2.68. The molecule has 7 unspecified atom stereocenters. The van der Waals surface area contributed by atoms with Gasteiger partial charge in [-0.25, -0.2) is 9.48 Å². The Morgan fingerprint density at radius 3 is 2.69 bits per heavy atom. The van der Waals surface area contributed by atoms with Gasteiger partial charge in [0.2, 0.25) is 11.5 Å². The number of fused-ring (bicyclic) bond motifs is 6. The first kappa shape index (κ1) is 24.6. The fraction of sp³-hybridized carbons (Fsp3) is 0.455. The molecule has 6 heteroatoms. The van der Waals surface area contributed by atoms with Crippen LogP contribution in [0.15, 0.2) is 76.6 Å². The number of aromatic nitrogens is 2. The number of carbonyl (C=O) groups is 1. The average Bonchev–Trinajstić information content (AvgIpc) is 3.63. The molecule has 202 valence electrons. The van der Waals surface area contributed by atoms with Crippen molar-refractivity contribution >= 4 is 12.0 Å². The lowest BCUT2D eigenvalue weighted by Crippen LogP contribution is -2.57. The van der Waals surface area contributed by atoms with Crippen molar-refractivity contribution in [2.45, 2.75) is 59.2 Å². The van der Waals surface area contributed by atoms with Gasteiger partial charge in [0.05, 0.1) is 23.8 Å². The van der Waals surface area contributed by atoms with E-state index in [4.69, 9.17) is 14.3 Å². The molecule has 3 aromatic rings. The van der Waals surface area contributed by atoms with E-state index < -0.39 is 17.2 Å². The highest BCUT2D eigenvalue weighted by atomic mass is 16.7. The molecule has 2 aromatic heterocycles. The number of esters is 1. The van der Waals surface area contributed by atoms with E-state index in [0.717, 1.165) is 31.4 Å². The van der Waals surface area contributed by atoms with Crippen LogP contribution in [0, 0.1) is 34.5 Å². The normalized spacial score (nSPS) is 36.6. The number of furan rings is 1. The second-order valence-electron chi connectivity index (χ2n) is 12.8. The van der Waals surface area contributed by atoms with E-state index in [0.29, 0.717) is 11.8 Å². The summed E-state index contributed by atoms with van der Waals surface area (Å²) in [5.74, 6) is -1.23. The number of rotatable bonds is 3. The maximum atomic E-state index is 12.9. The number of nitrogens with zero attached hydrogens (tertiary/aromatic N) is 2. The topological polar surface area (TPSA) is 77.5 Å². The number of para-hydroxylation sites is 1. The molecular formula is C33H36N2O4. The van der Waals surface area contributed by atoms with Gasteiger partial charge in [0.1, 0.15) is 0 Å². The third-order valence-electron chi connectivity index (χ3n) is 10.8. The van der Waals surface area contributed by atoms with Crippen LogP contribution in [0.25, 0.3) is 11.8 Å². The van der Waals surface area contributed by atoms with Gasteiger partial charge in [-0.2, -0.15) is 5.10 Å². The first-order chi connectivity index (χ1) is 18.7. The molecule has 7 rings (SSSR count). The molecule has 0 amide bonds. The van der Waals surface area contributed by atoms with Crippen LogP contribution in [0.1, 0.15) is 68.8 Å². The summed E-state index contributed by atoms with van der Waals surface area (Å²) in [6.45, 7) is 8.82. The van der Waals surface area contributed by atoms with Crippen molar-refractivity contribution in [3.05, 3.63) is 89.2 Å². The lowest BCUT2D eigenvalue weighted by Gasteiger charge is -2.57.